The average Bonchev–Trinajstić information content (AvgIpc) is 2.97. The normalized spacial score (nSPS) is 14.6. The van der Waals surface area contributed by atoms with Crippen molar-refractivity contribution in [2.45, 2.75) is 39.3 Å². The Morgan fingerprint density at radius 3 is 3.05 bits per heavy atom. The predicted octanol–water partition coefficient (Wildman–Crippen LogP) is 3.57. The molecule has 0 saturated heterocycles. The molecule has 2 aromatic rings. The summed E-state index contributed by atoms with van der Waals surface area (Å²) in [6, 6.07) is 9.06. The summed E-state index contributed by atoms with van der Waals surface area (Å²) in [5.41, 5.74) is 5.25. The Labute approximate surface area is 126 Å². The first-order valence-corrected chi connectivity index (χ1v) is 7.66. The number of rotatable bonds is 5. The molecule has 1 aromatic carbocycles. The lowest BCUT2D eigenvalue weighted by Crippen LogP contribution is -2.20. The number of aromatic nitrogens is 1. The molecule has 1 N–H and O–H groups in total. The molecule has 0 aliphatic carbocycles. The molecule has 1 aromatic heterocycles. The van der Waals surface area contributed by atoms with Gasteiger partial charge in [0.15, 0.2) is 0 Å². The van der Waals surface area contributed by atoms with Crippen LogP contribution in [0.25, 0.3) is 0 Å². The van der Waals surface area contributed by atoms with Crippen molar-refractivity contribution in [3.05, 3.63) is 58.9 Å². The third kappa shape index (κ3) is 3.08. The van der Waals surface area contributed by atoms with Gasteiger partial charge in [0.1, 0.15) is 5.75 Å². The second kappa shape index (κ2) is 6.27. The summed E-state index contributed by atoms with van der Waals surface area (Å²) >= 11 is 0. The smallest absolute Gasteiger partial charge is 0.122 e. The number of benzene rings is 1. The highest BCUT2D eigenvalue weighted by molar-refractivity contribution is 5.40. The van der Waals surface area contributed by atoms with E-state index in [1.165, 1.54) is 22.3 Å². The summed E-state index contributed by atoms with van der Waals surface area (Å²) in [6.45, 7) is 6.03. The third-order valence-electron chi connectivity index (χ3n) is 4.20. The fraction of sp³-hybridized carbons (Fsp3) is 0.389. The SMILES string of the molecule is CCC(NCc1ccncc1C)c1ccc2c(c1)CCO2. The lowest BCUT2D eigenvalue weighted by atomic mass is 10.00. The molecule has 0 fully saturated rings. The molecule has 1 aliphatic rings. The molecule has 0 amide bonds. The standard InChI is InChI=1S/C18H22N2O/c1-3-17(20-12-16-6-8-19-11-13(16)2)14-4-5-18-15(10-14)7-9-21-18/h4-6,8,10-11,17,20H,3,7,9,12H2,1-2H3. The molecular formula is C18H22N2O. The van der Waals surface area contributed by atoms with Crippen molar-refractivity contribution in [3.63, 3.8) is 0 Å². The van der Waals surface area contributed by atoms with Crippen molar-refractivity contribution in [3.8, 4) is 5.75 Å². The Hall–Kier alpha value is -1.87. The summed E-state index contributed by atoms with van der Waals surface area (Å²) in [7, 11) is 0. The molecule has 0 bridgehead atoms. The molecule has 3 heteroatoms. The van der Waals surface area contributed by atoms with Crippen LogP contribution in [0.1, 0.15) is 41.6 Å². The Kier molecular flexibility index (Phi) is 4.20. The summed E-state index contributed by atoms with van der Waals surface area (Å²) in [5, 5.41) is 3.67. The zero-order valence-corrected chi connectivity index (χ0v) is 12.7. The van der Waals surface area contributed by atoms with Gasteiger partial charge in [0.05, 0.1) is 6.61 Å². The first kappa shape index (κ1) is 14.1. The Morgan fingerprint density at radius 1 is 1.33 bits per heavy atom. The minimum Gasteiger partial charge on any atom is -0.493 e. The molecule has 0 spiro atoms. The van der Waals surface area contributed by atoms with Gasteiger partial charge in [0.2, 0.25) is 0 Å². The maximum absolute atomic E-state index is 5.58. The highest BCUT2D eigenvalue weighted by atomic mass is 16.5. The fourth-order valence-electron chi connectivity index (χ4n) is 2.85. The van der Waals surface area contributed by atoms with Crippen molar-refractivity contribution in [1.29, 1.82) is 0 Å². The van der Waals surface area contributed by atoms with E-state index in [4.69, 9.17) is 4.74 Å². The zero-order valence-electron chi connectivity index (χ0n) is 12.7. The van der Waals surface area contributed by atoms with Gasteiger partial charge in [-0.25, -0.2) is 0 Å². The van der Waals surface area contributed by atoms with Crippen molar-refractivity contribution in [1.82, 2.24) is 10.3 Å². The van der Waals surface area contributed by atoms with Gasteiger partial charge in [-0.3, -0.25) is 4.98 Å². The molecular weight excluding hydrogens is 260 g/mol. The van der Waals surface area contributed by atoms with Crippen molar-refractivity contribution in [2.24, 2.45) is 0 Å². The van der Waals surface area contributed by atoms with Crippen LogP contribution in [-0.2, 0) is 13.0 Å². The van der Waals surface area contributed by atoms with Crippen LogP contribution in [-0.4, -0.2) is 11.6 Å². The van der Waals surface area contributed by atoms with Crippen LogP contribution in [0.4, 0.5) is 0 Å². The molecule has 1 atom stereocenters. The van der Waals surface area contributed by atoms with Gasteiger partial charge in [0, 0.05) is 31.4 Å². The zero-order chi connectivity index (χ0) is 14.7. The van der Waals surface area contributed by atoms with E-state index in [9.17, 15) is 0 Å². The quantitative estimate of drug-likeness (QED) is 0.910. The predicted molar refractivity (Wildman–Crippen MR) is 84.5 cm³/mol. The van der Waals surface area contributed by atoms with Crippen LogP contribution in [0.15, 0.2) is 36.7 Å². The first-order chi connectivity index (χ1) is 10.3. The van der Waals surface area contributed by atoms with E-state index >= 15 is 0 Å². The molecule has 1 aliphatic heterocycles. The highest BCUT2D eigenvalue weighted by Crippen LogP contribution is 2.29. The Balaban J connectivity index is 1.72. The fourth-order valence-corrected chi connectivity index (χ4v) is 2.85. The van der Waals surface area contributed by atoms with Gasteiger partial charge in [-0.1, -0.05) is 19.1 Å². The molecule has 0 radical (unpaired) electrons. The summed E-state index contributed by atoms with van der Waals surface area (Å²) in [4.78, 5) is 4.15. The van der Waals surface area contributed by atoms with E-state index in [1.807, 2.05) is 12.4 Å². The van der Waals surface area contributed by atoms with Gasteiger partial charge in [-0.05, 0) is 47.7 Å². The van der Waals surface area contributed by atoms with Crippen LogP contribution in [0.2, 0.25) is 0 Å². The molecule has 3 nitrogen and oxygen atoms in total. The maximum Gasteiger partial charge on any atom is 0.122 e. The van der Waals surface area contributed by atoms with E-state index in [2.05, 4.69) is 48.4 Å². The minimum absolute atomic E-state index is 0.378. The number of hydrogen-bond acceptors (Lipinski definition) is 3. The average molecular weight is 282 g/mol. The van der Waals surface area contributed by atoms with Crippen molar-refractivity contribution in [2.75, 3.05) is 6.61 Å². The topological polar surface area (TPSA) is 34.2 Å². The van der Waals surface area contributed by atoms with Crippen LogP contribution in [0, 0.1) is 6.92 Å². The lowest BCUT2D eigenvalue weighted by Gasteiger charge is -2.19. The second-order valence-electron chi connectivity index (χ2n) is 5.61. The monoisotopic (exact) mass is 282 g/mol. The highest BCUT2D eigenvalue weighted by Gasteiger charge is 2.16. The number of fused-ring (bicyclic) bond motifs is 1. The van der Waals surface area contributed by atoms with Crippen LogP contribution in [0.3, 0.4) is 0 Å². The summed E-state index contributed by atoms with van der Waals surface area (Å²) < 4.78 is 5.58. The van der Waals surface area contributed by atoms with E-state index in [0.717, 1.165) is 31.7 Å². The molecule has 21 heavy (non-hydrogen) atoms. The third-order valence-corrected chi connectivity index (χ3v) is 4.20. The van der Waals surface area contributed by atoms with E-state index in [0.29, 0.717) is 6.04 Å². The summed E-state index contributed by atoms with van der Waals surface area (Å²) in [6.07, 6.45) is 5.88. The maximum atomic E-state index is 5.58. The molecule has 0 saturated carbocycles. The van der Waals surface area contributed by atoms with Crippen molar-refractivity contribution < 1.29 is 4.74 Å². The minimum atomic E-state index is 0.378. The number of nitrogens with one attached hydrogen (secondary N) is 1. The van der Waals surface area contributed by atoms with Gasteiger partial charge < -0.3 is 10.1 Å². The number of nitrogens with zero attached hydrogens (tertiary/aromatic N) is 1. The van der Waals surface area contributed by atoms with Crippen LogP contribution in [0.5, 0.6) is 5.75 Å². The number of pyridine rings is 1. The number of ether oxygens (including phenoxy) is 1. The number of aryl methyl sites for hydroxylation is 1. The van der Waals surface area contributed by atoms with E-state index in [-0.39, 0.29) is 0 Å². The summed E-state index contributed by atoms with van der Waals surface area (Å²) in [5.74, 6) is 1.05. The molecule has 3 rings (SSSR count). The van der Waals surface area contributed by atoms with E-state index < -0.39 is 0 Å². The van der Waals surface area contributed by atoms with Gasteiger partial charge in [-0.2, -0.15) is 0 Å². The van der Waals surface area contributed by atoms with E-state index in [1.54, 1.807) is 0 Å². The number of hydrogen-bond donors (Lipinski definition) is 1. The molecule has 1 unspecified atom stereocenters. The Morgan fingerprint density at radius 2 is 2.24 bits per heavy atom. The first-order valence-electron chi connectivity index (χ1n) is 7.66. The van der Waals surface area contributed by atoms with Crippen LogP contribution < -0.4 is 10.1 Å². The molecule has 2 heterocycles. The van der Waals surface area contributed by atoms with Gasteiger partial charge in [-0.15, -0.1) is 0 Å². The molecule has 110 valence electrons. The Bertz CT molecular complexity index is 624. The van der Waals surface area contributed by atoms with Crippen LogP contribution >= 0.6 is 0 Å². The van der Waals surface area contributed by atoms with Gasteiger partial charge in [0.25, 0.3) is 0 Å². The lowest BCUT2D eigenvalue weighted by molar-refractivity contribution is 0.356. The van der Waals surface area contributed by atoms with Gasteiger partial charge >= 0.3 is 0 Å². The largest absolute Gasteiger partial charge is 0.493 e. The van der Waals surface area contributed by atoms with Crippen molar-refractivity contribution >= 4 is 0 Å². The second-order valence-corrected chi connectivity index (χ2v) is 5.61.